The predicted octanol–water partition coefficient (Wildman–Crippen LogP) is 2.71. The summed E-state index contributed by atoms with van der Waals surface area (Å²) in [5.41, 5.74) is 7.31. The molecule has 0 aliphatic heterocycles. The maximum Gasteiger partial charge on any atom is 0.235 e. The van der Waals surface area contributed by atoms with Crippen molar-refractivity contribution in [2.24, 2.45) is 22.7 Å². The summed E-state index contributed by atoms with van der Waals surface area (Å²) in [6.45, 7) is 5.64. The standard InChI is InChI=1S/C13H18BrN3O2/c1-7(2)11(12(15)17-19)13(18)16-10-5-4-8(3)6-9(10)14/h4-7,11,19H,1-3H3,(H2,15,17)(H,16,18). The molecule has 1 aromatic rings. The van der Waals surface area contributed by atoms with Crippen LogP contribution in [0.3, 0.4) is 0 Å². The van der Waals surface area contributed by atoms with Gasteiger partial charge in [0.25, 0.3) is 0 Å². The van der Waals surface area contributed by atoms with Gasteiger partial charge in [0.05, 0.1) is 5.69 Å². The first kappa shape index (κ1) is 15.5. The lowest BCUT2D eigenvalue weighted by Gasteiger charge is -2.19. The van der Waals surface area contributed by atoms with Gasteiger partial charge in [0.15, 0.2) is 5.84 Å². The van der Waals surface area contributed by atoms with Gasteiger partial charge >= 0.3 is 0 Å². The minimum atomic E-state index is -0.668. The van der Waals surface area contributed by atoms with Crippen LogP contribution in [0.1, 0.15) is 19.4 Å². The maximum absolute atomic E-state index is 12.2. The summed E-state index contributed by atoms with van der Waals surface area (Å²) in [4.78, 5) is 12.2. The van der Waals surface area contributed by atoms with Gasteiger partial charge in [-0.3, -0.25) is 4.79 Å². The Bertz CT molecular complexity index is 501. The number of oxime groups is 1. The van der Waals surface area contributed by atoms with Crippen LogP contribution >= 0.6 is 15.9 Å². The molecule has 4 N–H and O–H groups in total. The number of hydrogen-bond acceptors (Lipinski definition) is 3. The fraction of sp³-hybridized carbons (Fsp3) is 0.385. The van der Waals surface area contributed by atoms with Gasteiger partial charge in [-0.15, -0.1) is 0 Å². The second kappa shape index (κ2) is 6.56. The lowest BCUT2D eigenvalue weighted by Crippen LogP contribution is -2.38. The Balaban J connectivity index is 2.94. The molecule has 1 aromatic carbocycles. The van der Waals surface area contributed by atoms with Gasteiger partial charge in [0, 0.05) is 4.47 Å². The van der Waals surface area contributed by atoms with Gasteiger partial charge in [-0.1, -0.05) is 25.1 Å². The molecule has 0 spiro atoms. The first-order valence-corrected chi connectivity index (χ1v) is 6.70. The largest absolute Gasteiger partial charge is 0.409 e. The molecule has 6 heteroatoms. The number of carbonyl (C=O) groups is 1. The van der Waals surface area contributed by atoms with Crippen LogP contribution in [0.4, 0.5) is 5.69 Å². The van der Waals surface area contributed by atoms with Crippen molar-refractivity contribution < 1.29 is 10.0 Å². The number of hydrogen-bond donors (Lipinski definition) is 3. The summed E-state index contributed by atoms with van der Waals surface area (Å²) in [6.07, 6.45) is 0. The predicted molar refractivity (Wildman–Crippen MR) is 79.2 cm³/mol. The number of carbonyl (C=O) groups excluding carboxylic acids is 1. The Morgan fingerprint density at radius 1 is 1.47 bits per heavy atom. The number of amidine groups is 1. The third-order valence-electron chi connectivity index (χ3n) is 2.77. The first-order chi connectivity index (χ1) is 8.86. The molecule has 1 amide bonds. The van der Waals surface area contributed by atoms with Gasteiger partial charge in [-0.25, -0.2) is 0 Å². The minimum absolute atomic E-state index is 0.0693. The third-order valence-corrected chi connectivity index (χ3v) is 3.42. The Labute approximate surface area is 121 Å². The minimum Gasteiger partial charge on any atom is -0.409 e. The van der Waals surface area contributed by atoms with Crippen LogP contribution in [0.15, 0.2) is 27.8 Å². The number of rotatable bonds is 4. The van der Waals surface area contributed by atoms with Gasteiger partial charge in [0.2, 0.25) is 5.91 Å². The summed E-state index contributed by atoms with van der Waals surface area (Å²) in [6, 6.07) is 5.61. The third kappa shape index (κ3) is 3.96. The van der Waals surface area contributed by atoms with Crippen molar-refractivity contribution in [2.75, 3.05) is 5.32 Å². The van der Waals surface area contributed by atoms with E-state index in [0.717, 1.165) is 10.0 Å². The van der Waals surface area contributed by atoms with Crippen LogP contribution in [0.2, 0.25) is 0 Å². The van der Waals surface area contributed by atoms with E-state index in [0.29, 0.717) is 5.69 Å². The van der Waals surface area contributed by atoms with Gasteiger partial charge in [-0.2, -0.15) is 0 Å². The molecule has 0 saturated carbocycles. The highest BCUT2D eigenvalue weighted by atomic mass is 79.9. The Hall–Kier alpha value is -1.56. The molecule has 0 fully saturated rings. The van der Waals surface area contributed by atoms with Gasteiger partial charge in [-0.05, 0) is 46.5 Å². The SMILES string of the molecule is Cc1ccc(NC(=O)C(C(N)=NO)C(C)C)c(Br)c1. The van der Waals surface area contributed by atoms with E-state index in [9.17, 15) is 4.79 Å². The van der Waals surface area contributed by atoms with Gasteiger partial charge in [0.1, 0.15) is 5.92 Å². The molecule has 0 heterocycles. The molecule has 0 aliphatic rings. The number of nitrogens with one attached hydrogen (secondary N) is 1. The molecule has 0 radical (unpaired) electrons. The quantitative estimate of drug-likeness (QED) is 0.344. The van der Waals surface area contributed by atoms with E-state index >= 15 is 0 Å². The molecular weight excluding hydrogens is 310 g/mol. The van der Waals surface area contributed by atoms with Crippen molar-refractivity contribution in [3.8, 4) is 0 Å². The van der Waals surface area contributed by atoms with E-state index in [4.69, 9.17) is 10.9 Å². The summed E-state index contributed by atoms with van der Waals surface area (Å²) in [5.74, 6) is -1.12. The average molecular weight is 328 g/mol. The lowest BCUT2D eigenvalue weighted by atomic mass is 9.93. The summed E-state index contributed by atoms with van der Waals surface area (Å²) >= 11 is 3.39. The van der Waals surface area contributed by atoms with E-state index in [1.165, 1.54) is 0 Å². The van der Waals surface area contributed by atoms with Crippen molar-refractivity contribution in [3.63, 3.8) is 0 Å². The van der Waals surface area contributed by atoms with E-state index in [1.807, 2.05) is 32.9 Å². The zero-order valence-electron chi connectivity index (χ0n) is 11.1. The van der Waals surface area contributed by atoms with Crippen LogP contribution in [0.5, 0.6) is 0 Å². The monoisotopic (exact) mass is 327 g/mol. The lowest BCUT2D eigenvalue weighted by molar-refractivity contribution is -0.119. The number of aryl methyl sites for hydroxylation is 1. The second-order valence-electron chi connectivity index (χ2n) is 4.72. The molecule has 0 aliphatic carbocycles. The van der Waals surface area contributed by atoms with Crippen LogP contribution in [-0.4, -0.2) is 17.0 Å². The van der Waals surface area contributed by atoms with Crippen molar-refractivity contribution in [1.29, 1.82) is 0 Å². The topological polar surface area (TPSA) is 87.7 Å². The normalized spacial score (nSPS) is 13.4. The molecule has 5 nitrogen and oxygen atoms in total. The van der Waals surface area contributed by atoms with Crippen LogP contribution in [0.25, 0.3) is 0 Å². The van der Waals surface area contributed by atoms with E-state index in [2.05, 4.69) is 26.4 Å². The summed E-state index contributed by atoms with van der Waals surface area (Å²) in [5, 5.41) is 14.4. The average Bonchev–Trinajstić information content (AvgIpc) is 2.32. The highest BCUT2D eigenvalue weighted by Crippen LogP contribution is 2.24. The molecule has 0 bridgehead atoms. The van der Waals surface area contributed by atoms with Crippen LogP contribution < -0.4 is 11.1 Å². The maximum atomic E-state index is 12.2. The molecule has 0 aromatic heterocycles. The van der Waals surface area contributed by atoms with Crippen molar-refractivity contribution in [3.05, 3.63) is 28.2 Å². The fourth-order valence-corrected chi connectivity index (χ4v) is 2.37. The van der Waals surface area contributed by atoms with Crippen molar-refractivity contribution >= 4 is 33.4 Å². The molecule has 104 valence electrons. The molecule has 1 atom stereocenters. The van der Waals surface area contributed by atoms with E-state index < -0.39 is 5.92 Å². The highest BCUT2D eigenvalue weighted by Gasteiger charge is 2.27. The Morgan fingerprint density at radius 2 is 2.11 bits per heavy atom. The summed E-state index contributed by atoms with van der Waals surface area (Å²) in [7, 11) is 0. The molecule has 19 heavy (non-hydrogen) atoms. The molecule has 1 unspecified atom stereocenters. The number of amides is 1. The fourth-order valence-electron chi connectivity index (χ4n) is 1.77. The highest BCUT2D eigenvalue weighted by molar-refractivity contribution is 9.10. The van der Waals surface area contributed by atoms with E-state index in [1.54, 1.807) is 6.07 Å². The number of benzene rings is 1. The van der Waals surface area contributed by atoms with Crippen molar-refractivity contribution in [2.45, 2.75) is 20.8 Å². The number of anilines is 1. The number of halogens is 1. The van der Waals surface area contributed by atoms with Crippen LogP contribution in [0, 0.1) is 18.8 Å². The first-order valence-electron chi connectivity index (χ1n) is 5.91. The Kier molecular flexibility index (Phi) is 5.35. The zero-order valence-corrected chi connectivity index (χ0v) is 12.7. The van der Waals surface area contributed by atoms with Crippen LogP contribution in [-0.2, 0) is 4.79 Å². The molecule has 1 rings (SSSR count). The smallest absolute Gasteiger partial charge is 0.235 e. The number of nitrogens with two attached hydrogens (primary N) is 1. The van der Waals surface area contributed by atoms with Gasteiger partial charge < -0.3 is 16.3 Å². The number of nitrogens with zero attached hydrogens (tertiary/aromatic N) is 1. The zero-order chi connectivity index (χ0) is 14.6. The van der Waals surface area contributed by atoms with Crippen molar-refractivity contribution in [1.82, 2.24) is 0 Å². The van der Waals surface area contributed by atoms with E-state index in [-0.39, 0.29) is 17.7 Å². The summed E-state index contributed by atoms with van der Waals surface area (Å²) < 4.78 is 0.794. The molecule has 0 saturated heterocycles. The molecular formula is C13H18BrN3O2. The Morgan fingerprint density at radius 3 is 2.58 bits per heavy atom. The second-order valence-corrected chi connectivity index (χ2v) is 5.57.